The number of carbonyl (C=O) groups excluding carboxylic acids is 1. The molecular weight excluding hydrogens is 256 g/mol. The van der Waals surface area contributed by atoms with E-state index in [1.807, 2.05) is 23.1 Å². The van der Waals surface area contributed by atoms with Crippen molar-refractivity contribution in [2.75, 3.05) is 31.6 Å². The van der Waals surface area contributed by atoms with Crippen molar-refractivity contribution >= 4 is 11.6 Å². The molecule has 1 fully saturated rings. The second kappa shape index (κ2) is 5.61. The minimum atomic E-state index is 0.169. The van der Waals surface area contributed by atoms with E-state index in [0.717, 1.165) is 43.1 Å². The second-order valence-corrected chi connectivity index (χ2v) is 5.28. The first-order valence-electron chi connectivity index (χ1n) is 7.14. The van der Waals surface area contributed by atoms with Gasteiger partial charge in [-0.25, -0.2) is 0 Å². The van der Waals surface area contributed by atoms with Gasteiger partial charge in [-0.05, 0) is 25.0 Å². The van der Waals surface area contributed by atoms with Crippen LogP contribution in [0.1, 0.15) is 19.8 Å². The van der Waals surface area contributed by atoms with Crippen molar-refractivity contribution in [1.29, 1.82) is 0 Å². The highest BCUT2D eigenvalue weighted by Crippen LogP contribution is 2.33. The third kappa shape index (κ3) is 2.81. The molecule has 1 N–H and O–H groups in total. The number of hydrogen-bond acceptors (Lipinski definition) is 4. The van der Waals surface area contributed by atoms with Gasteiger partial charge in [-0.2, -0.15) is 0 Å². The molecule has 20 heavy (non-hydrogen) atoms. The Kier molecular flexibility index (Phi) is 3.67. The Morgan fingerprint density at radius 2 is 1.90 bits per heavy atom. The van der Waals surface area contributed by atoms with Crippen LogP contribution in [0.2, 0.25) is 0 Å². The van der Waals surface area contributed by atoms with E-state index in [0.29, 0.717) is 19.3 Å². The average Bonchev–Trinajstić information content (AvgIpc) is 2.48. The minimum absolute atomic E-state index is 0.169. The van der Waals surface area contributed by atoms with Crippen LogP contribution >= 0.6 is 0 Å². The summed E-state index contributed by atoms with van der Waals surface area (Å²) in [6.45, 7) is 4.51. The molecule has 0 unspecified atom stereocenters. The molecule has 0 spiro atoms. The molecule has 0 aromatic heterocycles. The van der Waals surface area contributed by atoms with E-state index in [4.69, 9.17) is 9.47 Å². The van der Waals surface area contributed by atoms with Crippen LogP contribution in [-0.2, 0) is 4.79 Å². The predicted octanol–water partition coefficient (Wildman–Crippen LogP) is 1.88. The van der Waals surface area contributed by atoms with Crippen LogP contribution in [0, 0.1) is 0 Å². The Bertz CT molecular complexity index is 496. The number of nitrogens with one attached hydrogen (secondary N) is 1. The molecule has 0 bridgehead atoms. The number of ether oxygens (including phenoxy) is 2. The average molecular weight is 276 g/mol. The monoisotopic (exact) mass is 276 g/mol. The summed E-state index contributed by atoms with van der Waals surface area (Å²) in [6.07, 6.45) is 1.96. The quantitative estimate of drug-likeness (QED) is 0.896. The number of carbonyl (C=O) groups is 1. The smallest absolute Gasteiger partial charge is 0.219 e. The summed E-state index contributed by atoms with van der Waals surface area (Å²) in [5.74, 6) is 1.79. The molecule has 1 aromatic rings. The molecule has 2 heterocycles. The first kappa shape index (κ1) is 13.1. The first-order valence-corrected chi connectivity index (χ1v) is 7.14. The van der Waals surface area contributed by atoms with Gasteiger partial charge in [-0.3, -0.25) is 4.79 Å². The molecule has 0 saturated carbocycles. The summed E-state index contributed by atoms with van der Waals surface area (Å²) in [7, 11) is 0. The Balaban J connectivity index is 1.60. The van der Waals surface area contributed by atoms with Gasteiger partial charge in [0.25, 0.3) is 0 Å². The SMILES string of the molecule is CC(=O)N1CCC(Nc2ccc3c(c2)OCCO3)CC1. The molecule has 5 nitrogen and oxygen atoms in total. The summed E-state index contributed by atoms with van der Waals surface area (Å²) in [6, 6.07) is 6.37. The van der Waals surface area contributed by atoms with E-state index in [1.54, 1.807) is 6.92 Å². The van der Waals surface area contributed by atoms with Gasteiger partial charge >= 0.3 is 0 Å². The zero-order valence-corrected chi connectivity index (χ0v) is 11.7. The summed E-state index contributed by atoms with van der Waals surface area (Å²) in [5.41, 5.74) is 1.05. The zero-order chi connectivity index (χ0) is 13.9. The van der Waals surface area contributed by atoms with Gasteiger partial charge in [0, 0.05) is 37.8 Å². The number of nitrogens with zero attached hydrogens (tertiary/aromatic N) is 1. The lowest BCUT2D eigenvalue weighted by Crippen LogP contribution is -2.41. The third-order valence-corrected chi connectivity index (χ3v) is 3.85. The number of piperidine rings is 1. The van der Waals surface area contributed by atoms with Gasteiger partial charge in [-0.1, -0.05) is 0 Å². The van der Waals surface area contributed by atoms with Crippen LogP contribution in [0.25, 0.3) is 0 Å². The van der Waals surface area contributed by atoms with E-state index < -0.39 is 0 Å². The molecule has 1 aromatic carbocycles. The van der Waals surface area contributed by atoms with Crippen molar-refractivity contribution in [3.63, 3.8) is 0 Å². The van der Waals surface area contributed by atoms with Crippen molar-refractivity contribution < 1.29 is 14.3 Å². The Morgan fingerprint density at radius 1 is 1.20 bits per heavy atom. The molecule has 0 aliphatic carbocycles. The van der Waals surface area contributed by atoms with Crippen LogP contribution in [-0.4, -0.2) is 43.2 Å². The Hall–Kier alpha value is -1.91. The predicted molar refractivity (Wildman–Crippen MR) is 76.3 cm³/mol. The molecule has 1 saturated heterocycles. The first-order chi connectivity index (χ1) is 9.72. The molecule has 1 amide bonds. The maximum atomic E-state index is 11.3. The van der Waals surface area contributed by atoms with E-state index in [2.05, 4.69) is 5.32 Å². The largest absolute Gasteiger partial charge is 0.486 e. The molecule has 3 rings (SSSR count). The van der Waals surface area contributed by atoms with Crippen LogP contribution in [0.4, 0.5) is 5.69 Å². The lowest BCUT2D eigenvalue weighted by Gasteiger charge is -2.32. The number of fused-ring (bicyclic) bond motifs is 1. The molecule has 108 valence electrons. The van der Waals surface area contributed by atoms with E-state index in [9.17, 15) is 4.79 Å². The molecule has 0 radical (unpaired) electrons. The normalized spacial score (nSPS) is 18.8. The van der Waals surface area contributed by atoms with Gasteiger partial charge in [0.05, 0.1) is 0 Å². The molecule has 2 aliphatic heterocycles. The van der Waals surface area contributed by atoms with Crippen molar-refractivity contribution in [2.24, 2.45) is 0 Å². The van der Waals surface area contributed by atoms with Crippen molar-refractivity contribution in [1.82, 2.24) is 4.90 Å². The van der Waals surface area contributed by atoms with Gasteiger partial charge in [0.2, 0.25) is 5.91 Å². The van der Waals surface area contributed by atoms with Crippen molar-refractivity contribution in [3.8, 4) is 11.5 Å². The lowest BCUT2D eigenvalue weighted by atomic mass is 10.0. The number of likely N-dealkylation sites (tertiary alicyclic amines) is 1. The second-order valence-electron chi connectivity index (χ2n) is 5.28. The highest BCUT2D eigenvalue weighted by Gasteiger charge is 2.21. The molecule has 0 atom stereocenters. The number of hydrogen-bond donors (Lipinski definition) is 1. The highest BCUT2D eigenvalue weighted by molar-refractivity contribution is 5.73. The van der Waals surface area contributed by atoms with Gasteiger partial charge < -0.3 is 19.7 Å². The van der Waals surface area contributed by atoms with Crippen molar-refractivity contribution in [2.45, 2.75) is 25.8 Å². The van der Waals surface area contributed by atoms with Crippen LogP contribution in [0.3, 0.4) is 0 Å². The standard InChI is InChI=1S/C15H20N2O3/c1-11(18)17-6-4-12(5-7-17)16-13-2-3-14-15(10-13)20-9-8-19-14/h2-3,10,12,16H,4-9H2,1H3. The Morgan fingerprint density at radius 3 is 2.60 bits per heavy atom. The van der Waals surface area contributed by atoms with Gasteiger partial charge in [-0.15, -0.1) is 0 Å². The molecule has 2 aliphatic rings. The topological polar surface area (TPSA) is 50.8 Å². The number of benzene rings is 1. The number of anilines is 1. The summed E-state index contributed by atoms with van der Waals surface area (Å²) in [5, 5.41) is 3.52. The number of amides is 1. The van der Waals surface area contributed by atoms with E-state index in [-0.39, 0.29) is 5.91 Å². The van der Waals surface area contributed by atoms with Gasteiger partial charge in [0.15, 0.2) is 11.5 Å². The fourth-order valence-corrected chi connectivity index (χ4v) is 2.71. The van der Waals surface area contributed by atoms with Gasteiger partial charge in [0.1, 0.15) is 13.2 Å². The maximum absolute atomic E-state index is 11.3. The summed E-state index contributed by atoms with van der Waals surface area (Å²) < 4.78 is 11.1. The zero-order valence-electron chi connectivity index (χ0n) is 11.7. The van der Waals surface area contributed by atoms with E-state index >= 15 is 0 Å². The molecular formula is C15H20N2O3. The van der Waals surface area contributed by atoms with Crippen molar-refractivity contribution in [3.05, 3.63) is 18.2 Å². The third-order valence-electron chi connectivity index (χ3n) is 3.85. The summed E-state index contributed by atoms with van der Waals surface area (Å²) in [4.78, 5) is 13.2. The minimum Gasteiger partial charge on any atom is -0.486 e. The lowest BCUT2D eigenvalue weighted by molar-refractivity contribution is -0.129. The van der Waals surface area contributed by atoms with Crippen LogP contribution in [0.15, 0.2) is 18.2 Å². The molecule has 5 heteroatoms. The van der Waals surface area contributed by atoms with E-state index in [1.165, 1.54) is 0 Å². The Labute approximate surface area is 118 Å². The fourth-order valence-electron chi connectivity index (χ4n) is 2.71. The highest BCUT2D eigenvalue weighted by atomic mass is 16.6. The maximum Gasteiger partial charge on any atom is 0.219 e. The summed E-state index contributed by atoms with van der Waals surface area (Å²) >= 11 is 0. The fraction of sp³-hybridized carbons (Fsp3) is 0.533. The van der Waals surface area contributed by atoms with Crippen LogP contribution < -0.4 is 14.8 Å². The van der Waals surface area contributed by atoms with Crippen LogP contribution in [0.5, 0.6) is 11.5 Å². The number of rotatable bonds is 2.